The van der Waals surface area contributed by atoms with Crippen molar-refractivity contribution in [2.24, 2.45) is 0 Å². The van der Waals surface area contributed by atoms with Crippen LogP contribution in [0.25, 0.3) is 17.0 Å². The van der Waals surface area contributed by atoms with E-state index >= 15 is 0 Å². The highest BCUT2D eigenvalue weighted by atomic mass is 15.1. The number of nitrogens with zero attached hydrogens (tertiary/aromatic N) is 5. The number of aryl methyl sites for hydroxylation is 2. The van der Waals surface area contributed by atoms with E-state index in [4.69, 9.17) is 15.0 Å². The number of fused-ring (bicyclic) bond motifs is 2. The molecule has 0 saturated carbocycles. The van der Waals surface area contributed by atoms with Crippen LogP contribution in [0, 0.1) is 6.92 Å². The Labute approximate surface area is 157 Å². The highest BCUT2D eigenvalue weighted by Crippen LogP contribution is 2.29. The second-order valence-electron chi connectivity index (χ2n) is 6.89. The summed E-state index contributed by atoms with van der Waals surface area (Å²) in [6, 6.07) is 10.1. The van der Waals surface area contributed by atoms with Crippen LogP contribution in [0.1, 0.15) is 29.1 Å². The van der Waals surface area contributed by atoms with Crippen molar-refractivity contribution in [1.29, 1.82) is 0 Å². The average molecular weight is 356 g/mol. The summed E-state index contributed by atoms with van der Waals surface area (Å²) in [6.45, 7) is 2.73. The van der Waals surface area contributed by atoms with Gasteiger partial charge in [0.25, 0.3) is 0 Å². The Morgan fingerprint density at radius 1 is 1.04 bits per heavy atom. The number of rotatable bonds is 4. The first-order valence-electron chi connectivity index (χ1n) is 9.25. The molecule has 4 aromatic rings. The minimum Gasteiger partial charge on any atom is -0.364 e. The molecule has 0 spiro atoms. The normalized spacial score (nSPS) is 13.1. The lowest BCUT2D eigenvalue weighted by atomic mass is 10.2. The van der Waals surface area contributed by atoms with E-state index in [2.05, 4.69) is 33.9 Å². The molecule has 0 saturated heterocycles. The summed E-state index contributed by atoms with van der Waals surface area (Å²) < 4.78 is 2.11. The summed E-state index contributed by atoms with van der Waals surface area (Å²) in [7, 11) is 0. The van der Waals surface area contributed by atoms with Gasteiger partial charge in [0.05, 0.1) is 12.2 Å². The SMILES string of the molecule is Cc1cccc2nc(CNc3nc(-c4ccncc4)nc4c3CCC4)cn12. The highest BCUT2D eigenvalue weighted by Gasteiger charge is 2.20. The summed E-state index contributed by atoms with van der Waals surface area (Å²) in [5.41, 5.74) is 6.54. The van der Waals surface area contributed by atoms with Gasteiger partial charge in [-0.3, -0.25) is 4.98 Å². The molecule has 0 atom stereocenters. The third-order valence-corrected chi connectivity index (χ3v) is 5.05. The van der Waals surface area contributed by atoms with Crippen molar-refractivity contribution >= 4 is 11.5 Å². The van der Waals surface area contributed by atoms with Crippen LogP contribution in [0.15, 0.2) is 48.9 Å². The molecule has 27 heavy (non-hydrogen) atoms. The van der Waals surface area contributed by atoms with E-state index in [1.807, 2.05) is 24.3 Å². The molecule has 4 heterocycles. The van der Waals surface area contributed by atoms with Gasteiger partial charge in [0.1, 0.15) is 11.5 Å². The first-order valence-corrected chi connectivity index (χ1v) is 9.25. The molecule has 1 aliphatic rings. The van der Waals surface area contributed by atoms with E-state index in [1.165, 1.54) is 11.3 Å². The minimum absolute atomic E-state index is 0.639. The molecule has 5 rings (SSSR count). The van der Waals surface area contributed by atoms with Crippen LogP contribution >= 0.6 is 0 Å². The molecule has 0 aromatic carbocycles. The van der Waals surface area contributed by atoms with E-state index < -0.39 is 0 Å². The van der Waals surface area contributed by atoms with Crippen LogP contribution in [-0.2, 0) is 19.4 Å². The predicted octanol–water partition coefficient (Wildman–Crippen LogP) is 3.60. The Bertz CT molecular complexity index is 1120. The molecule has 6 heteroatoms. The molecule has 1 aliphatic carbocycles. The van der Waals surface area contributed by atoms with Crippen LogP contribution in [0.2, 0.25) is 0 Å². The van der Waals surface area contributed by atoms with Gasteiger partial charge in [0.2, 0.25) is 0 Å². The standard InChI is InChI=1S/C21H20N6/c1-14-4-2-7-19-24-16(13-27(14)19)12-23-21-17-5-3-6-18(17)25-20(26-21)15-8-10-22-11-9-15/h2,4,7-11,13H,3,5-6,12H2,1H3,(H,23,25,26). The fraction of sp³-hybridized carbons (Fsp3) is 0.238. The van der Waals surface area contributed by atoms with E-state index in [-0.39, 0.29) is 0 Å². The molecular weight excluding hydrogens is 336 g/mol. The fourth-order valence-electron chi connectivity index (χ4n) is 3.67. The van der Waals surface area contributed by atoms with Gasteiger partial charge in [-0.2, -0.15) is 0 Å². The van der Waals surface area contributed by atoms with Gasteiger partial charge in [0, 0.05) is 41.1 Å². The molecular formula is C21H20N6. The maximum atomic E-state index is 4.82. The largest absolute Gasteiger partial charge is 0.364 e. The first kappa shape index (κ1) is 15.9. The second-order valence-corrected chi connectivity index (χ2v) is 6.89. The second kappa shape index (κ2) is 6.46. The lowest BCUT2D eigenvalue weighted by molar-refractivity contribution is 0.899. The van der Waals surface area contributed by atoms with Gasteiger partial charge in [0.15, 0.2) is 5.82 Å². The number of imidazole rings is 1. The number of hydrogen-bond acceptors (Lipinski definition) is 5. The lowest BCUT2D eigenvalue weighted by Gasteiger charge is -2.11. The molecule has 0 radical (unpaired) electrons. The third kappa shape index (κ3) is 2.93. The van der Waals surface area contributed by atoms with Gasteiger partial charge < -0.3 is 9.72 Å². The number of pyridine rings is 2. The Kier molecular flexibility index (Phi) is 3.81. The zero-order chi connectivity index (χ0) is 18.2. The van der Waals surface area contributed by atoms with Crippen molar-refractivity contribution in [3.63, 3.8) is 0 Å². The highest BCUT2D eigenvalue weighted by molar-refractivity contribution is 5.60. The molecule has 134 valence electrons. The quantitative estimate of drug-likeness (QED) is 0.605. The van der Waals surface area contributed by atoms with E-state index in [0.29, 0.717) is 6.54 Å². The Hall–Kier alpha value is -3.28. The van der Waals surface area contributed by atoms with Crippen LogP contribution in [0.5, 0.6) is 0 Å². The maximum Gasteiger partial charge on any atom is 0.161 e. The predicted molar refractivity (Wildman–Crippen MR) is 105 cm³/mol. The van der Waals surface area contributed by atoms with Gasteiger partial charge in [-0.15, -0.1) is 0 Å². The molecule has 4 aromatic heterocycles. The third-order valence-electron chi connectivity index (χ3n) is 5.05. The monoisotopic (exact) mass is 356 g/mol. The van der Waals surface area contributed by atoms with Crippen molar-refractivity contribution in [3.8, 4) is 11.4 Å². The van der Waals surface area contributed by atoms with E-state index in [9.17, 15) is 0 Å². The van der Waals surface area contributed by atoms with Crippen molar-refractivity contribution in [3.05, 3.63) is 71.6 Å². The molecule has 0 aliphatic heterocycles. The van der Waals surface area contributed by atoms with Crippen LogP contribution in [-0.4, -0.2) is 24.3 Å². The lowest BCUT2D eigenvalue weighted by Crippen LogP contribution is -2.07. The van der Waals surface area contributed by atoms with Crippen molar-refractivity contribution in [1.82, 2.24) is 24.3 Å². The summed E-state index contributed by atoms with van der Waals surface area (Å²) in [6.07, 6.45) is 8.81. The Morgan fingerprint density at radius 2 is 1.93 bits per heavy atom. The molecule has 6 nitrogen and oxygen atoms in total. The summed E-state index contributed by atoms with van der Waals surface area (Å²) >= 11 is 0. The van der Waals surface area contributed by atoms with E-state index in [0.717, 1.165) is 53.5 Å². The van der Waals surface area contributed by atoms with Crippen LogP contribution < -0.4 is 5.32 Å². The molecule has 0 fully saturated rings. The van der Waals surface area contributed by atoms with Crippen molar-refractivity contribution in [2.75, 3.05) is 5.32 Å². The zero-order valence-corrected chi connectivity index (χ0v) is 15.2. The smallest absolute Gasteiger partial charge is 0.161 e. The summed E-state index contributed by atoms with van der Waals surface area (Å²) in [4.78, 5) is 18.4. The van der Waals surface area contributed by atoms with Gasteiger partial charge >= 0.3 is 0 Å². The summed E-state index contributed by atoms with van der Waals surface area (Å²) in [5.74, 6) is 1.68. The number of aromatic nitrogens is 5. The average Bonchev–Trinajstić information content (AvgIpc) is 3.34. The van der Waals surface area contributed by atoms with Crippen molar-refractivity contribution in [2.45, 2.75) is 32.7 Å². The van der Waals surface area contributed by atoms with Gasteiger partial charge in [-0.25, -0.2) is 15.0 Å². The number of hydrogen-bond donors (Lipinski definition) is 1. The maximum absolute atomic E-state index is 4.82. The number of anilines is 1. The first-order chi connectivity index (χ1) is 13.3. The number of nitrogens with one attached hydrogen (secondary N) is 1. The molecule has 1 N–H and O–H groups in total. The molecule has 0 amide bonds. The molecule has 0 unspecified atom stereocenters. The Balaban J connectivity index is 1.47. The molecule has 0 bridgehead atoms. The zero-order valence-electron chi connectivity index (χ0n) is 15.2. The van der Waals surface area contributed by atoms with Gasteiger partial charge in [-0.1, -0.05) is 6.07 Å². The fourth-order valence-corrected chi connectivity index (χ4v) is 3.67. The van der Waals surface area contributed by atoms with Crippen LogP contribution in [0.4, 0.5) is 5.82 Å². The van der Waals surface area contributed by atoms with Crippen LogP contribution in [0.3, 0.4) is 0 Å². The van der Waals surface area contributed by atoms with Crippen molar-refractivity contribution < 1.29 is 0 Å². The summed E-state index contributed by atoms with van der Waals surface area (Å²) in [5, 5.41) is 3.51. The Morgan fingerprint density at radius 3 is 2.78 bits per heavy atom. The van der Waals surface area contributed by atoms with E-state index in [1.54, 1.807) is 12.4 Å². The van der Waals surface area contributed by atoms with Gasteiger partial charge in [-0.05, 0) is 50.5 Å². The topological polar surface area (TPSA) is 68.0 Å². The minimum atomic E-state index is 0.639.